The van der Waals surface area contributed by atoms with Gasteiger partial charge >= 0.3 is 6.09 Å². The number of fused-ring (bicyclic) bond motifs is 1. The van der Waals surface area contributed by atoms with Gasteiger partial charge in [-0.3, -0.25) is 4.79 Å². The second-order valence-corrected chi connectivity index (χ2v) is 6.23. The number of amides is 2. The zero-order valence-corrected chi connectivity index (χ0v) is 14.8. The summed E-state index contributed by atoms with van der Waals surface area (Å²) in [7, 11) is 0. The lowest BCUT2D eigenvalue weighted by Gasteiger charge is -2.09. The molecule has 0 atom stereocenters. The molecule has 10 nitrogen and oxygen atoms in total. The lowest BCUT2D eigenvalue weighted by Crippen LogP contribution is -2.29. The number of halogens is 2. The van der Waals surface area contributed by atoms with Crippen LogP contribution in [0.25, 0.3) is 6.08 Å². The van der Waals surface area contributed by atoms with Crippen molar-refractivity contribution in [3.8, 4) is 5.75 Å². The van der Waals surface area contributed by atoms with E-state index in [0.717, 1.165) is 16.3 Å². The van der Waals surface area contributed by atoms with Gasteiger partial charge in [-0.1, -0.05) is 29.3 Å². The number of cyclic esters (lactones) is 1. The summed E-state index contributed by atoms with van der Waals surface area (Å²) in [5.74, 6) is -1.30. The number of aromatic nitrogens is 2. The number of benzene rings is 1. The normalized spacial score (nSPS) is 17.0. The van der Waals surface area contributed by atoms with E-state index >= 15 is 0 Å². The number of imide groups is 1. The number of hydrogen-bond donors (Lipinski definition) is 4. The number of carbonyl (C=O) groups excluding carboxylic acids is 2. The molecule has 1 saturated heterocycles. The van der Waals surface area contributed by atoms with E-state index in [2.05, 4.69) is 26.4 Å². The van der Waals surface area contributed by atoms with Gasteiger partial charge < -0.3 is 20.7 Å². The van der Waals surface area contributed by atoms with Gasteiger partial charge in [-0.15, -0.1) is 5.53 Å². The van der Waals surface area contributed by atoms with Crippen LogP contribution in [0.4, 0.5) is 16.2 Å². The smallest absolute Gasteiger partial charge is 0.422 e. The van der Waals surface area contributed by atoms with Crippen LogP contribution in [0, 0.1) is 0 Å². The highest BCUT2D eigenvalue weighted by Gasteiger charge is 2.37. The van der Waals surface area contributed by atoms with Gasteiger partial charge in [-0.2, -0.15) is 0 Å². The van der Waals surface area contributed by atoms with Crippen molar-refractivity contribution in [1.29, 1.82) is 0 Å². The molecule has 0 radical (unpaired) electrons. The van der Waals surface area contributed by atoms with Crippen molar-refractivity contribution >= 4 is 52.7 Å². The Balaban J connectivity index is 1.57. The maximum Gasteiger partial charge on any atom is 0.422 e. The Kier molecular flexibility index (Phi) is 4.22. The lowest BCUT2D eigenvalue weighted by atomic mass is 10.1. The quantitative estimate of drug-likeness (QED) is 0.446. The van der Waals surface area contributed by atoms with Crippen molar-refractivity contribution in [3.63, 3.8) is 0 Å². The van der Waals surface area contributed by atoms with Gasteiger partial charge in [-0.05, 0) is 23.8 Å². The maximum absolute atomic E-state index is 12.5. The minimum absolute atomic E-state index is 0.0202. The summed E-state index contributed by atoms with van der Waals surface area (Å²) in [4.78, 5) is 32.9. The molecule has 2 aromatic rings. The van der Waals surface area contributed by atoms with Crippen LogP contribution in [0.2, 0.25) is 10.3 Å². The van der Waals surface area contributed by atoms with Crippen LogP contribution in [0.15, 0.2) is 24.0 Å². The molecule has 1 fully saturated rings. The first-order valence-corrected chi connectivity index (χ1v) is 8.25. The average Bonchev–Trinajstić information content (AvgIpc) is 3.19. The van der Waals surface area contributed by atoms with Gasteiger partial charge in [0.25, 0.3) is 5.91 Å². The summed E-state index contributed by atoms with van der Waals surface area (Å²) >= 11 is 11.5. The highest BCUT2D eigenvalue weighted by atomic mass is 35.5. The Bertz CT molecular complexity index is 989. The Hall–Kier alpha value is -3.08. The number of aromatic hydroxyl groups is 1. The van der Waals surface area contributed by atoms with E-state index in [9.17, 15) is 14.7 Å². The summed E-state index contributed by atoms with van der Waals surface area (Å²) in [6.45, 7) is -0.311. The molecule has 4 rings (SSSR count). The van der Waals surface area contributed by atoms with Crippen molar-refractivity contribution in [2.75, 3.05) is 10.9 Å². The first kappa shape index (κ1) is 17.3. The third-order valence-corrected chi connectivity index (χ3v) is 4.28. The van der Waals surface area contributed by atoms with Crippen molar-refractivity contribution in [3.05, 3.63) is 45.7 Å². The van der Waals surface area contributed by atoms with Crippen molar-refractivity contribution in [2.45, 2.75) is 6.54 Å². The van der Waals surface area contributed by atoms with Gasteiger partial charge in [0.1, 0.15) is 0 Å². The number of carbonyl (C=O) groups is 2. The number of nitrogens with one attached hydrogen (secondary N) is 3. The van der Waals surface area contributed by atoms with Gasteiger partial charge in [0, 0.05) is 0 Å². The molecule has 3 heterocycles. The molecular formula is C15H10Cl2N6O4. The molecule has 0 saturated carbocycles. The molecule has 1 aromatic carbocycles. The third kappa shape index (κ3) is 3.21. The van der Waals surface area contributed by atoms with E-state index in [0.29, 0.717) is 5.56 Å². The number of hydrazine groups is 2. The van der Waals surface area contributed by atoms with Crippen LogP contribution in [0.3, 0.4) is 0 Å². The van der Waals surface area contributed by atoms with Gasteiger partial charge in [-0.25, -0.2) is 19.7 Å². The standard InChI is InChI=1S/C15H10Cl2N6O4/c16-12-11(24)13(17)19-10(18-12)5-23-14(25)9(27-15(23)26)4-6-1-2-7-8(3-6)21-22-20-7/h1-4,20-22,24H,5H2/b9-4-. The largest absolute Gasteiger partial charge is 0.503 e. The highest BCUT2D eigenvalue weighted by molar-refractivity contribution is 6.35. The topological polar surface area (TPSA) is 129 Å². The van der Waals surface area contributed by atoms with E-state index in [1.807, 2.05) is 0 Å². The van der Waals surface area contributed by atoms with Gasteiger partial charge in [0.05, 0.1) is 17.9 Å². The van der Waals surface area contributed by atoms with Crippen molar-refractivity contribution < 1.29 is 19.4 Å². The van der Waals surface area contributed by atoms with Gasteiger partial charge in [0.15, 0.2) is 27.6 Å². The first-order valence-electron chi connectivity index (χ1n) is 7.49. The minimum Gasteiger partial charge on any atom is -0.503 e. The second kappa shape index (κ2) is 6.58. The maximum atomic E-state index is 12.5. The fourth-order valence-corrected chi connectivity index (χ4v) is 2.89. The molecular weight excluding hydrogens is 399 g/mol. The van der Waals surface area contributed by atoms with E-state index in [4.69, 9.17) is 27.9 Å². The van der Waals surface area contributed by atoms with Crippen LogP contribution in [-0.4, -0.2) is 32.0 Å². The lowest BCUT2D eigenvalue weighted by molar-refractivity contribution is -0.123. The molecule has 0 aliphatic carbocycles. The van der Waals surface area contributed by atoms with E-state index in [1.165, 1.54) is 6.08 Å². The highest BCUT2D eigenvalue weighted by Crippen LogP contribution is 2.30. The van der Waals surface area contributed by atoms with Crippen LogP contribution in [0.5, 0.6) is 5.75 Å². The van der Waals surface area contributed by atoms with E-state index in [-0.39, 0.29) is 28.4 Å². The summed E-state index contributed by atoms with van der Waals surface area (Å²) < 4.78 is 5.04. The monoisotopic (exact) mass is 408 g/mol. The van der Waals surface area contributed by atoms with Crippen LogP contribution in [-0.2, 0) is 16.1 Å². The first-order chi connectivity index (χ1) is 12.9. The van der Waals surface area contributed by atoms with Crippen LogP contribution in [0.1, 0.15) is 11.4 Å². The summed E-state index contributed by atoms with van der Waals surface area (Å²) in [5.41, 5.74) is 10.8. The summed E-state index contributed by atoms with van der Waals surface area (Å²) in [5, 5.41) is 8.92. The Labute approximate surface area is 161 Å². The predicted molar refractivity (Wildman–Crippen MR) is 95.5 cm³/mol. The Morgan fingerprint density at radius 2 is 1.85 bits per heavy atom. The zero-order valence-electron chi connectivity index (χ0n) is 13.3. The average molecular weight is 409 g/mol. The van der Waals surface area contributed by atoms with Crippen molar-refractivity contribution in [2.24, 2.45) is 0 Å². The van der Waals surface area contributed by atoms with Gasteiger partial charge in [0.2, 0.25) is 0 Å². The fourth-order valence-electron chi connectivity index (χ4n) is 2.47. The molecule has 2 amide bonds. The third-order valence-electron chi connectivity index (χ3n) is 3.75. The molecule has 2 aliphatic rings. The minimum atomic E-state index is -0.877. The second-order valence-electron chi connectivity index (χ2n) is 5.52. The molecule has 138 valence electrons. The zero-order chi connectivity index (χ0) is 19.1. The van der Waals surface area contributed by atoms with Crippen LogP contribution < -0.4 is 16.4 Å². The number of rotatable bonds is 3. The Morgan fingerprint density at radius 3 is 2.59 bits per heavy atom. The molecule has 2 aliphatic heterocycles. The molecule has 27 heavy (non-hydrogen) atoms. The molecule has 0 spiro atoms. The summed E-state index contributed by atoms with van der Waals surface area (Å²) in [6, 6.07) is 5.31. The fraction of sp³-hybridized carbons (Fsp3) is 0.0667. The number of hydrogen-bond acceptors (Lipinski definition) is 9. The Morgan fingerprint density at radius 1 is 1.15 bits per heavy atom. The molecule has 12 heteroatoms. The molecule has 1 aromatic heterocycles. The van der Waals surface area contributed by atoms with E-state index in [1.54, 1.807) is 18.2 Å². The summed E-state index contributed by atoms with van der Waals surface area (Å²) in [6.07, 6.45) is 0.566. The number of anilines is 2. The number of nitrogens with zero attached hydrogens (tertiary/aromatic N) is 3. The number of ether oxygens (including phenoxy) is 1. The molecule has 0 unspecified atom stereocenters. The molecule has 0 bridgehead atoms. The van der Waals surface area contributed by atoms with Crippen LogP contribution >= 0.6 is 23.2 Å². The SMILES string of the molecule is O=C1O/C(=C\c2ccc3c(c2)NNN3)C(=O)N1Cc1nc(Cl)c(O)c(Cl)n1. The van der Waals surface area contributed by atoms with E-state index < -0.39 is 17.7 Å². The molecule has 4 N–H and O–H groups in total. The predicted octanol–water partition coefficient (Wildman–Crippen LogP) is 2.27. The van der Waals surface area contributed by atoms with Crippen molar-refractivity contribution in [1.82, 2.24) is 20.4 Å².